The van der Waals surface area contributed by atoms with E-state index in [1.165, 1.54) is 37.7 Å². The normalized spacial score (nSPS) is 33.2. The SMILES string of the molecule is O=C(O)C1CCCN1Cc1ccc(Nc2ccc(C34CC5CC(CC3C5)C4)cc2Cl)cc1. The number of hydrogen-bond acceptors (Lipinski definition) is 3. The summed E-state index contributed by atoms with van der Waals surface area (Å²) in [7, 11) is 0. The number of carboxylic acid groups (broad SMARTS) is 1. The molecule has 32 heavy (non-hydrogen) atoms. The molecule has 1 heterocycles. The molecule has 4 aliphatic carbocycles. The largest absolute Gasteiger partial charge is 0.480 e. The second kappa shape index (κ2) is 7.78. The van der Waals surface area contributed by atoms with Crippen molar-refractivity contribution in [2.24, 2.45) is 17.8 Å². The van der Waals surface area contributed by atoms with E-state index in [9.17, 15) is 9.90 Å². The van der Waals surface area contributed by atoms with Crippen molar-refractivity contribution >= 4 is 28.9 Å². The molecule has 1 aliphatic heterocycles. The third-order valence-corrected chi connectivity index (χ3v) is 9.11. The van der Waals surface area contributed by atoms with E-state index in [0.717, 1.165) is 59.1 Å². The zero-order chi connectivity index (χ0) is 21.9. The Kier molecular flexibility index (Phi) is 5.00. The van der Waals surface area contributed by atoms with Crippen molar-refractivity contribution in [3.63, 3.8) is 0 Å². The summed E-state index contributed by atoms with van der Waals surface area (Å²) in [4.78, 5) is 13.5. The number of nitrogens with zero attached hydrogens (tertiary/aromatic N) is 1. The standard InChI is InChI=1S/C27H31ClN2O2/c28-23-13-20(27-14-18-10-19(15-27)12-21(27)11-18)5-8-24(23)29-22-6-3-17(4-7-22)16-30-9-1-2-25(30)26(31)32/h3-8,13,18-19,21,25,29H,1-2,9-12,14-16H2,(H,31,32). The Morgan fingerprint density at radius 3 is 2.53 bits per heavy atom. The molecule has 2 N–H and O–H groups in total. The second-order valence-corrected chi connectivity index (χ2v) is 11.1. The fraction of sp³-hybridized carbons (Fsp3) is 0.519. The minimum Gasteiger partial charge on any atom is -0.480 e. The van der Waals surface area contributed by atoms with E-state index in [1.807, 2.05) is 0 Å². The van der Waals surface area contributed by atoms with Gasteiger partial charge in [0.2, 0.25) is 0 Å². The summed E-state index contributed by atoms with van der Waals surface area (Å²) in [6.07, 6.45) is 8.71. The molecule has 168 valence electrons. The van der Waals surface area contributed by atoms with E-state index in [2.05, 4.69) is 52.7 Å². The Bertz CT molecular complexity index is 1020. The molecule has 4 bridgehead atoms. The maximum Gasteiger partial charge on any atom is 0.320 e. The van der Waals surface area contributed by atoms with Crippen LogP contribution in [0.15, 0.2) is 42.5 Å². The molecule has 0 amide bonds. The van der Waals surface area contributed by atoms with E-state index >= 15 is 0 Å². The Morgan fingerprint density at radius 2 is 1.84 bits per heavy atom. The van der Waals surface area contributed by atoms with Gasteiger partial charge in [-0.3, -0.25) is 9.69 Å². The van der Waals surface area contributed by atoms with Gasteiger partial charge < -0.3 is 10.4 Å². The first kappa shape index (κ1) is 20.6. The first-order chi connectivity index (χ1) is 15.5. The number of anilines is 2. The summed E-state index contributed by atoms with van der Waals surface area (Å²) < 4.78 is 0. The van der Waals surface area contributed by atoms with Crippen molar-refractivity contribution in [2.45, 2.75) is 62.9 Å². The van der Waals surface area contributed by atoms with Crippen molar-refractivity contribution < 1.29 is 9.90 Å². The lowest BCUT2D eigenvalue weighted by atomic mass is 9.71. The number of likely N-dealkylation sites (tertiary alicyclic amines) is 1. The van der Waals surface area contributed by atoms with Crippen LogP contribution in [0.2, 0.25) is 5.02 Å². The summed E-state index contributed by atoms with van der Waals surface area (Å²) in [5.74, 6) is 2.03. The highest BCUT2D eigenvalue weighted by molar-refractivity contribution is 6.33. The first-order valence-electron chi connectivity index (χ1n) is 12.1. The highest BCUT2D eigenvalue weighted by atomic mass is 35.5. The van der Waals surface area contributed by atoms with Crippen molar-refractivity contribution in [3.8, 4) is 0 Å². The molecule has 3 unspecified atom stereocenters. The number of halogens is 1. The van der Waals surface area contributed by atoms with Crippen molar-refractivity contribution in [2.75, 3.05) is 11.9 Å². The molecule has 1 saturated heterocycles. The number of aliphatic carboxylic acids is 1. The molecule has 0 aromatic heterocycles. The van der Waals surface area contributed by atoms with Crippen LogP contribution in [0, 0.1) is 17.8 Å². The maximum absolute atomic E-state index is 11.4. The molecule has 0 spiro atoms. The molecule has 7 rings (SSSR count). The van der Waals surface area contributed by atoms with Gasteiger partial charge in [-0.05, 0) is 110 Å². The van der Waals surface area contributed by atoms with Crippen LogP contribution in [0.4, 0.5) is 11.4 Å². The quantitative estimate of drug-likeness (QED) is 0.549. The highest BCUT2D eigenvalue weighted by Gasteiger charge is 2.58. The molecule has 4 nitrogen and oxygen atoms in total. The first-order valence-corrected chi connectivity index (χ1v) is 12.5. The van der Waals surface area contributed by atoms with Crippen molar-refractivity contribution in [1.29, 1.82) is 0 Å². The molecular formula is C27H31ClN2O2. The van der Waals surface area contributed by atoms with Gasteiger partial charge in [0, 0.05) is 12.2 Å². The van der Waals surface area contributed by atoms with Crippen molar-refractivity contribution in [1.82, 2.24) is 4.90 Å². The topological polar surface area (TPSA) is 52.6 Å². The predicted molar refractivity (Wildman–Crippen MR) is 127 cm³/mol. The van der Waals surface area contributed by atoms with Crippen LogP contribution in [-0.4, -0.2) is 28.6 Å². The molecule has 0 radical (unpaired) electrons. The lowest BCUT2D eigenvalue weighted by Gasteiger charge is -2.34. The van der Waals surface area contributed by atoms with E-state index < -0.39 is 5.97 Å². The molecule has 5 fully saturated rings. The van der Waals surface area contributed by atoms with Gasteiger partial charge in [0.15, 0.2) is 0 Å². The number of carboxylic acids is 1. The highest BCUT2D eigenvalue weighted by Crippen LogP contribution is 2.66. The van der Waals surface area contributed by atoms with Crippen LogP contribution in [0.3, 0.4) is 0 Å². The zero-order valence-electron chi connectivity index (χ0n) is 18.4. The number of rotatable bonds is 6. The van der Waals surface area contributed by atoms with Gasteiger partial charge in [-0.1, -0.05) is 29.8 Å². The summed E-state index contributed by atoms with van der Waals surface area (Å²) in [6.45, 7) is 1.53. The third-order valence-electron chi connectivity index (χ3n) is 8.80. The average molecular weight is 451 g/mol. The molecule has 2 aromatic carbocycles. The van der Waals surface area contributed by atoms with Crippen LogP contribution < -0.4 is 5.32 Å². The smallest absolute Gasteiger partial charge is 0.320 e. The van der Waals surface area contributed by atoms with E-state index in [0.29, 0.717) is 12.0 Å². The summed E-state index contributed by atoms with van der Waals surface area (Å²) >= 11 is 6.76. The summed E-state index contributed by atoms with van der Waals surface area (Å²) in [5.41, 5.74) is 4.93. The minimum absolute atomic E-state index is 0.352. The number of benzene rings is 2. The molecule has 3 atom stereocenters. The van der Waals surface area contributed by atoms with Gasteiger partial charge in [-0.15, -0.1) is 0 Å². The van der Waals surface area contributed by atoms with Crippen LogP contribution in [0.5, 0.6) is 0 Å². The van der Waals surface area contributed by atoms with Crippen LogP contribution in [-0.2, 0) is 16.8 Å². The Morgan fingerprint density at radius 1 is 1.09 bits per heavy atom. The van der Waals surface area contributed by atoms with E-state index in [-0.39, 0.29) is 6.04 Å². The van der Waals surface area contributed by atoms with Gasteiger partial charge in [0.05, 0.1) is 10.7 Å². The van der Waals surface area contributed by atoms with Gasteiger partial charge in [0.25, 0.3) is 0 Å². The number of carbonyl (C=O) groups is 1. The maximum atomic E-state index is 11.4. The molecule has 2 aromatic rings. The molecule has 4 saturated carbocycles. The fourth-order valence-electron chi connectivity index (χ4n) is 7.57. The number of nitrogens with one attached hydrogen (secondary N) is 1. The molecule has 5 aliphatic rings. The summed E-state index contributed by atoms with van der Waals surface area (Å²) in [5, 5.41) is 13.7. The van der Waals surface area contributed by atoms with Gasteiger partial charge >= 0.3 is 5.97 Å². The van der Waals surface area contributed by atoms with Gasteiger partial charge in [-0.25, -0.2) is 0 Å². The third kappa shape index (κ3) is 3.43. The zero-order valence-corrected chi connectivity index (χ0v) is 19.2. The van der Waals surface area contributed by atoms with Crippen LogP contribution in [0.1, 0.15) is 56.1 Å². The van der Waals surface area contributed by atoms with Crippen molar-refractivity contribution in [3.05, 3.63) is 58.6 Å². The second-order valence-electron chi connectivity index (χ2n) is 10.7. The number of hydrogen-bond donors (Lipinski definition) is 2. The monoisotopic (exact) mass is 450 g/mol. The Balaban J connectivity index is 1.15. The fourth-order valence-corrected chi connectivity index (χ4v) is 7.80. The Hall–Kier alpha value is -2.04. The lowest BCUT2D eigenvalue weighted by molar-refractivity contribution is -0.142. The minimum atomic E-state index is -0.711. The van der Waals surface area contributed by atoms with E-state index in [1.54, 1.807) is 0 Å². The Labute approximate surface area is 195 Å². The van der Waals surface area contributed by atoms with Crippen LogP contribution in [0.25, 0.3) is 0 Å². The predicted octanol–water partition coefficient (Wildman–Crippen LogP) is 6.21. The van der Waals surface area contributed by atoms with Gasteiger partial charge in [-0.2, -0.15) is 0 Å². The lowest BCUT2D eigenvalue weighted by Crippen LogP contribution is -2.35. The van der Waals surface area contributed by atoms with Gasteiger partial charge in [0.1, 0.15) is 6.04 Å². The summed E-state index contributed by atoms with van der Waals surface area (Å²) in [6, 6.07) is 14.6. The van der Waals surface area contributed by atoms with Crippen LogP contribution >= 0.6 is 11.6 Å². The molecule has 5 heteroatoms. The molecular weight excluding hydrogens is 420 g/mol. The van der Waals surface area contributed by atoms with E-state index in [4.69, 9.17) is 11.6 Å². The average Bonchev–Trinajstić information content (AvgIpc) is 3.40.